The van der Waals surface area contributed by atoms with E-state index in [0.717, 1.165) is 25.8 Å². The molecule has 0 aliphatic carbocycles. The number of benzene rings is 1. The van der Waals surface area contributed by atoms with Crippen LogP contribution in [0, 0.1) is 0 Å². The number of amides is 1. The first-order valence-corrected chi connectivity index (χ1v) is 7.05. The van der Waals surface area contributed by atoms with Crippen molar-refractivity contribution in [2.45, 2.75) is 32.2 Å². The fourth-order valence-corrected chi connectivity index (χ4v) is 2.39. The van der Waals surface area contributed by atoms with E-state index in [1.807, 2.05) is 6.92 Å². The fraction of sp³-hybridized carbons (Fsp3) is 0.500. The molecule has 0 saturated carbocycles. The van der Waals surface area contributed by atoms with Crippen LogP contribution in [0.25, 0.3) is 0 Å². The topological polar surface area (TPSA) is 50.4 Å². The summed E-state index contributed by atoms with van der Waals surface area (Å²) in [7, 11) is 0. The summed E-state index contributed by atoms with van der Waals surface area (Å²) in [4.78, 5) is 12.0. The van der Waals surface area contributed by atoms with Crippen LogP contribution in [0.4, 0.5) is 5.69 Å². The number of ether oxygens (including phenoxy) is 1. The Balaban J connectivity index is 1.98. The summed E-state index contributed by atoms with van der Waals surface area (Å²) in [6, 6.07) is 5.19. The van der Waals surface area contributed by atoms with Crippen LogP contribution in [-0.2, 0) is 4.79 Å². The molecule has 2 rings (SSSR count). The highest BCUT2D eigenvalue weighted by atomic mass is 35.5. The van der Waals surface area contributed by atoms with Crippen LogP contribution in [0.2, 0.25) is 5.02 Å². The molecule has 104 valence electrons. The van der Waals surface area contributed by atoms with E-state index in [4.69, 9.17) is 16.3 Å². The summed E-state index contributed by atoms with van der Waals surface area (Å²) < 4.78 is 5.36. The van der Waals surface area contributed by atoms with Gasteiger partial charge in [-0.05, 0) is 44.5 Å². The molecule has 0 unspecified atom stereocenters. The van der Waals surface area contributed by atoms with Crippen molar-refractivity contribution in [2.24, 2.45) is 0 Å². The van der Waals surface area contributed by atoms with Gasteiger partial charge in [0, 0.05) is 5.69 Å². The molecule has 0 spiro atoms. The molecule has 19 heavy (non-hydrogen) atoms. The van der Waals surface area contributed by atoms with Crippen LogP contribution in [0.15, 0.2) is 18.2 Å². The molecule has 4 nitrogen and oxygen atoms in total. The quantitative estimate of drug-likeness (QED) is 0.893. The summed E-state index contributed by atoms with van der Waals surface area (Å²) in [5, 5.41) is 6.61. The van der Waals surface area contributed by atoms with Crippen LogP contribution < -0.4 is 15.4 Å². The molecule has 1 atom stereocenters. The largest absolute Gasteiger partial charge is 0.492 e. The van der Waals surface area contributed by atoms with E-state index in [1.165, 1.54) is 0 Å². The van der Waals surface area contributed by atoms with Gasteiger partial charge in [0.15, 0.2) is 0 Å². The van der Waals surface area contributed by atoms with E-state index < -0.39 is 0 Å². The van der Waals surface area contributed by atoms with Gasteiger partial charge in [-0.15, -0.1) is 0 Å². The Bertz CT molecular complexity index is 445. The lowest BCUT2D eigenvalue weighted by Crippen LogP contribution is -2.43. The van der Waals surface area contributed by atoms with Crippen molar-refractivity contribution in [3.8, 4) is 5.75 Å². The Morgan fingerprint density at radius 2 is 2.37 bits per heavy atom. The van der Waals surface area contributed by atoms with Gasteiger partial charge in [-0.1, -0.05) is 18.0 Å². The smallest absolute Gasteiger partial charge is 0.241 e. The first-order chi connectivity index (χ1) is 9.20. The predicted molar refractivity (Wildman–Crippen MR) is 76.9 cm³/mol. The third-order valence-corrected chi connectivity index (χ3v) is 3.42. The molecule has 0 aromatic heterocycles. The normalized spacial score (nSPS) is 18.9. The molecule has 1 amide bonds. The maximum absolute atomic E-state index is 12.0. The van der Waals surface area contributed by atoms with Crippen molar-refractivity contribution >= 4 is 23.2 Å². The van der Waals surface area contributed by atoms with Gasteiger partial charge < -0.3 is 15.4 Å². The maximum Gasteiger partial charge on any atom is 0.241 e. The monoisotopic (exact) mass is 282 g/mol. The molecule has 2 N–H and O–H groups in total. The SMILES string of the molecule is CCOc1ccc(NC(=O)[C@@H]2CCCCN2)cc1Cl. The second-order valence-electron chi connectivity index (χ2n) is 4.57. The minimum atomic E-state index is -0.0981. The molecule has 1 fully saturated rings. The Hall–Kier alpha value is -1.26. The van der Waals surface area contributed by atoms with E-state index in [-0.39, 0.29) is 11.9 Å². The van der Waals surface area contributed by atoms with Crippen LogP contribution in [0.1, 0.15) is 26.2 Å². The summed E-state index contributed by atoms with van der Waals surface area (Å²) in [5.41, 5.74) is 0.700. The zero-order valence-electron chi connectivity index (χ0n) is 11.0. The van der Waals surface area contributed by atoms with Crippen molar-refractivity contribution in [1.29, 1.82) is 0 Å². The Kier molecular flexibility index (Phi) is 5.05. The predicted octanol–water partition coefficient (Wildman–Crippen LogP) is 2.82. The minimum absolute atomic E-state index is 0.0000680. The van der Waals surface area contributed by atoms with E-state index in [1.54, 1.807) is 18.2 Å². The Morgan fingerprint density at radius 1 is 1.53 bits per heavy atom. The average Bonchev–Trinajstić information content (AvgIpc) is 2.43. The van der Waals surface area contributed by atoms with Gasteiger partial charge in [-0.25, -0.2) is 0 Å². The zero-order valence-corrected chi connectivity index (χ0v) is 11.8. The highest BCUT2D eigenvalue weighted by Gasteiger charge is 2.20. The first-order valence-electron chi connectivity index (χ1n) is 6.67. The van der Waals surface area contributed by atoms with Crippen LogP contribution in [-0.4, -0.2) is 25.1 Å². The lowest BCUT2D eigenvalue weighted by molar-refractivity contribution is -0.118. The van der Waals surface area contributed by atoms with Gasteiger partial charge >= 0.3 is 0 Å². The summed E-state index contributed by atoms with van der Waals surface area (Å²) in [6.07, 6.45) is 3.12. The van der Waals surface area contributed by atoms with Crippen LogP contribution in [0.3, 0.4) is 0 Å². The Morgan fingerprint density at radius 3 is 3.00 bits per heavy atom. The number of anilines is 1. The number of rotatable bonds is 4. The fourth-order valence-electron chi connectivity index (χ4n) is 2.16. The van der Waals surface area contributed by atoms with Gasteiger partial charge in [0.05, 0.1) is 17.7 Å². The zero-order chi connectivity index (χ0) is 13.7. The summed E-state index contributed by atoms with van der Waals surface area (Å²) in [5.74, 6) is 0.637. The molecule has 1 saturated heterocycles. The van der Waals surface area contributed by atoms with E-state index in [0.29, 0.717) is 23.1 Å². The lowest BCUT2D eigenvalue weighted by Gasteiger charge is -2.22. The summed E-state index contributed by atoms with van der Waals surface area (Å²) in [6.45, 7) is 3.38. The highest BCUT2D eigenvalue weighted by Crippen LogP contribution is 2.27. The minimum Gasteiger partial charge on any atom is -0.492 e. The maximum atomic E-state index is 12.0. The molecule has 1 heterocycles. The van der Waals surface area contributed by atoms with Gasteiger partial charge in [-0.3, -0.25) is 4.79 Å². The Labute approximate surface area is 118 Å². The second kappa shape index (κ2) is 6.78. The average molecular weight is 283 g/mol. The van der Waals surface area contributed by atoms with Gasteiger partial charge in [-0.2, -0.15) is 0 Å². The van der Waals surface area contributed by atoms with Crippen LogP contribution in [0.5, 0.6) is 5.75 Å². The molecule has 1 aromatic carbocycles. The van der Waals surface area contributed by atoms with Gasteiger partial charge in [0.2, 0.25) is 5.91 Å². The van der Waals surface area contributed by atoms with Gasteiger partial charge in [0.25, 0.3) is 0 Å². The van der Waals surface area contributed by atoms with Crippen molar-refractivity contribution in [1.82, 2.24) is 5.32 Å². The second-order valence-corrected chi connectivity index (χ2v) is 4.98. The van der Waals surface area contributed by atoms with E-state index >= 15 is 0 Å². The lowest BCUT2D eigenvalue weighted by atomic mass is 10.0. The molecular weight excluding hydrogens is 264 g/mol. The van der Waals surface area contributed by atoms with Gasteiger partial charge in [0.1, 0.15) is 5.75 Å². The van der Waals surface area contributed by atoms with Crippen LogP contribution >= 0.6 is 11.6 Å². The molecule has 1 aromatic rings. The number of carbonyl (C=O) groups is 1. The van der Waals surface area contributed by atoms with Crippen molar-refractivity contribution in [2.75, 3.05) is 18.5 Å². The van der Waals surface area contributed by atoms with Crippen molar-refractivity contribution < 1.29 is 9.53 Å². The summed E-state index contributed by atoms with van der Waals surface area (Å²) >= 11 is 6.09. The molecule has 5 heteroatoms. The van der Waals surface area contributed by atoms with E-state index in [2.05, 4.69) is 10.6 Å². The number of hydrogen-bond acceptors (Lipinski definition) is 3. The molecule has 0 bridgehead atoms. The molecule has 1 aliphatic heterocycles. The third-order valence-electron chi connectivity index (χ3n) is 3.13. The van der Waals surface area contributed by atoms with Crippen molar-refractivity contribution in [3.63, 3.8) is 0 Å². The number of nitrogens with one attached hydrogen (secondary N) is 2. The molecular formula is C14H19ClN2O2. The number of carbonyl (C=O) groups excluding carboxylic acids is 1. The number of hydrogen-bond donors (Lipinski definition) is 2. The highest BCUT2D eigenvalue weighted by molar-refractivity contribution is 6.32. The standard InChI is InChI=1S/C14H19ClN2O2/c1-2-19-13-7-6-10(9-11(13)15)17-14(18)12-5-3-4-8-16-12/h6-7,9,12,16H,2-5,8H2,1H3,(H,17,18)/t12-/m0/s1. The van der Waals surface area contributed by atoms with E-state index in [9.17, 15) is 4.79 Å². The van der Waals surface area contributed by atoms with Crippen molar-refractivity contribution in [3.05, 3.63) is 23.2 Å². The first kappa shape index (κ1) is 14.2. The number of halogens is 1. The third kappa shape index (κ3) is 3.85. The molecule has 1 aliphatic rings. The number of piperidine rings is 1. The molecule has 0 radical (unpaired) electrons.